The third-order valence-electron chi connectivity index (χ3n) is 3.62. The van der Waals surface area contributed by atoms with Crippen molar-refractivity contribution in [1.29, 1.82) is 0 Å². The molecule has 0 aromatic carbocycles. The highest BCUT2D eigenvalue weighted by molar-refractivity contribution is 5.94. The number of amides is 1. The molecule has 2 atom stereocenters. The SMILES string of the molecule is CC1CN(C(=O)c2cncc(O)c2)CC(C)N1C. The molecule has 1 aromatic rings. The Morgan fingerprint density at radius 1 is 1.33 bits per heavy atom. The molecule has 2 heterocycles. The first-order chi connectivity index (χ1) is 8.49. The molecule has 0 spiro atoms. The van der Waals surface area contributed by atoms with Gasteiger partial charge in [-0.2, -0.15) is 0 Å². The second-order valence-corrected chi connectivity index (χ2v) is 5.01. The number of piperazine rings is 1. The molecule has 0 bridgehead atoms. The fraction of sp³-hybridized carbons (Fsp3) is 0.538. The first-order valence-electron chi connectivity index (χ1n) is 6.14. The number of aromatic hydroxyl groups is 1. The summed E-state index contributed by atoms with van der Waals surface area (Å²) in [5, 5.41) is 9.36. The summed E-state index contributed by atoms with van der Waals surface area (Å²) in [4.78, 5) is 20.2. The lowest BCUT2D eigenvalue weighted by atomic mass is 10.1. The highest BCUT2D eigenvalue weighted by Gasteiger charge is 2.29. The van der Waals surface area contributed by atoms with E-state index in [1.54, 1.807) is 0 Å². The molecule has 18 heavy (non-hydrogen) atoms. The van der Waals surface area contributed by atoms with Crippen molar-refractivity contribution in [2.45, 2.75) is 25.9 Å². The predicted octanol–water partition coefficient (Wildman–Crippen LogP) is 0.952. The van der Waals surface area contributed by atoms with E-state index in [1.165, 1.54) is 18.5 Å². The molecule has 0 radical (unpaired) electrons. The van der Waals surface area contributed by atoms with Crippen LogP contribution in [0.4, 0.5) is 0 Å². The van der Waals surface area contributed by atoms with Crippen LogP contribution in [0.3, 0.4) is 0 Å². The van der Waals surface area contributed by atoms with Crippen LogP contribution in [0, 0.1) is 0 Å². The molecule has 1 aliphatic rings. The van der Waals surface area contributed by atoms with Crippen molar-refractivity contribution in [3.63, 3.8) is 0 Å². The zero-order valence-electron chi connectivity index (χ0n) is 11.0. The summed E-state index contributed by atoms with van der Waals surface area (Å²) in [6.45, 7) is 5.62. The van der Waals surface area contributed by atoms with Gasteiger partial charge in [-0.3, -0.25) is 14.7 Å². The van der Waals surface area contributed by atoms with Crippen LogP contribution >= 0.6 is 0 Å². The van der Waals surface area contributed by atoms with Gasteiger partial charge in [0, 0.05) is 31.4 Å². The minimum atomic E-state index is -0.0646. The zero-order chi connectivity index (χ0) is 13.3. The van der Waals surface area contributed by atoms with Gasteiger partial charge in [0.25, 0.3) is 5.91 Å². The van der Waals surface area contributed by atoms with Crippen molar-refractivity contribution in [2.24, 2.45) is 0 Å². The van der Waals surface area contributed by atoms with Crippen LogP contribution in [-0.4, -0.2) is 58.0 Å². The number of hydrogen-bond donors (Lipinski definition) is 1. The molecule has 1 amide bonds. The van der Waals surface area contributed by atoms with Gasteiger partial charge in [-0.25, -0.2) is 0 Å². The van der Waals surface area contributed by atoms with Crippen molar-refractivity contribution in [3.05, 3.63) is 24.0 Å². The van der Waals surface area contributed by atoms with Crippen LogP contribution in [0.1, 0.15) is 24.2 Å². The van der Waals surface area contributed by atoms with Crippen LogP contribution in [0.2, 0.25) is 0 Å². The fourth-order valence-electron chi connectivity index (χ4n) is 2.30. The quantitative estimate of drug-likeness (QED) is 0.805. The molecule has 1 saturated heterocycles. The van der Waals surface area contributed by atoms with Gasteiger partial charge >= 0.3 is 0 Å². The molecule has 1 aromatic heterocycles. The fourth-order valence-corrected chi connectivity index (χ4v) is 2.30. The Bertz CT molecular complexity index is 438. The van der Waals surface area contributed by atoms with Gasteiger partial charge < -0.3 is 10.0 Å². The van der Waals surface area contributed by atoms with E-state index in [9.17, 15) is 9.90 Å². The molecule has 0 saturated carbocycles. The minimum absolute atomic E-state index is 0.0241. The third-order valence-corrected chi connectivity index (χ3v) is 3.62. The van der Waals surface area contributed by atoms with Crippen LogP contribution < -0.4 is 0 Å². The number of nitrogens with zero attached hydrogens (tertiary/aromatic N) is 3. The Morgan fingerprint density at radius 3 is 2.50 bits per heavy atom. The summed E-state index contributed by atoms with van der Waals surface area (Å²) in [6.07, 6.45) is 2.82. The largest absolute Gasteiger partial charge is 0.506 e. The maximum Gasteiger partial charge on any atom is 0.255 e. The number of pyridine rings is 1. The Kier molecular flexibility index (Phi) is 3.52. The van der Waals surface area contributed by atoms with Crippen LogP contribution in [-0.2, 0) is 0 Å². The van der Waals surface area contributed by atoms with E-state index >= 15 is 0 Å². The molecular formula is C13H19N3O2. The zero-order valence-corrected chi connectivity index (χ0v) is 11.0. The Hall–Kier alpha value is -1.62. The number of carbonyl (C=O) groups is 1. The standard InChI is InChI=1S/C13H19N3O2/c1-9-7-16(8-10(2)15(9)3)13(18)11-4-12(17)6-14-5-11/h4-6,9-10,17H,7-8H2,1-3H3. The average molecular weight is 249 g/mol. The summed E-state index contributed by atoms with van der Waals surface area (Å²) in [7, 11) is 2.08. The molecular weight excluding hydrogens is 230 g/mol. The van der Waals surface area contributed by atoms with Gasteiger partial charge in [0.15, 0.2) is 0 Å². The second kappa shape index (κ2) is 4.94. The lowest BCUT2D eigenvalue weighted by molar-refractivity contribution is 0.0413. The number of aromatic nitrogens is 1. The topological polar surface area (TPSA) is 56.7 Å². The Balaban J connectivity index is 2.15. The van der Waals surface area contributed by atoms with Gasteiger partial charge in [0.2, 0.25) is 0 Å². The first kappa shape index (κ1) is 12.8. The summed E-state index contributed by atoms with van der Waals surface area (Å²) in [5.74, 6) is -0.0405. The van der Waals surface area contributed by atoms with Gasteiger partial charge in [-0.05, 0) is 27.0 Å². The first-order valence-corrected chi connectivity index (χ1v) is 6.14. The summed E-state index contributed by atoms with van der Waals surface area (Å²) in [6, 6.07) is 2.13. The van der Waals surface area contributed by atoms with Crippen molar-refractivity contribution >= 4 is 5.91 Å². The number of hydrogen-bond acceptors (Lipinski definition) is 4. The monoisotopic (exact) mass is 249 g/mol. The molecule has 5 heteroatoms. The lowest BCUT2D eigenvalue weighted by Crippen LogP contribution is -2.56. The normalized spacial score (nSPS) is 25.2. The number of rotatable bonds is 1. The molecule has 1 aliphatic heterocycles. The van der Waals surface area contributed by atoms with Crippen molar-refractivity contribution in [2.75, 3.05) is 20.1 Å². The lowest BCUT2D eigenvalue weighted by Gasteiger charge is -2.42. The third kappa shape index (κ3) is 2.46. The summed E-state index contributed by atoms with van der Waals surface area (Å²) in [5.41, 5.74) is 0.443. The number of likely N-dealkylation sites (N-methyl/N-ethyl adjacent to an activating group) is 1. The highest BCUT2D eigenvalue weighted by Crippen LogP contribution is 2.17. The molecule has 1 fully saturated rings. The van der Waals surface area contributed by atoms with Crippen molar-refractivity contribution in [1.82, 2.24) is 14.8 Å². The van der Waals surface area contributed by atoms with Crippen LogP contribution in [0.25, 0.3) is 0 Å². The predicted molar refractivity (Wildman–Crippen MR) is 68.5 cm³/mol. The van der Waals surface area contributed by atoms with Crippen LogP contribution in [0.15, 0.2) is 18.5 Å². The van der Waals surface area contributed by atoms with Crippen LogP contribution in [0.5, 0.6) is 5.75 Å². The summed E-state index contributed by atoms with van der Waals surface area (Å²) >= 11 is 0. The maximum absolute atomic E-state index is 12.3. The van der Waals surface area contributed by atoms with E-state index < -0.39 is 0 Å². The molecule has 1 N–H and O–H groups in total. The van der Waals surface area contributed by atoms with Gasteiger partial charge in [0.1, 0.15) is 5.75 Å². The van der Waals surface area contributed by atoms with E-state index in [-0.39, 0.29) is 11.7 Å². The molecule has 2 rings (SSSR count). The van der Waals surface area contributed by atoms with E-state index in [4.69, 9.17) is 0 Å². The summed E-state index contributed by atoms with van der Waals surface area (Å²) < 4.78 is 0. The smallest absolute Gasteiger partial charge is 0.255 e. The highest BCUT2D eigenvalue weighted by atomic mass is 16.3. The Labute approximate surface area is 107 Å². The molecule has 98 valence electrons. The van der Waals surface area contributed by atoms with Crippen molar-refractivity contribution < 1.29 is 9.90 Å². The van der Waals surface area contributed by atoms with E-state index in [2.05, 4.69) is 30.8 Å². The van der Waals surface area contributed by atoms with E-state index in [0.717, 1.165) is 0 Å². The van der Waals surface area contributed by atoms with Gasteiger partial charge in [-0.15, -0.1) is 0 Å². The minimum Gasteiger partial charge on any atom is -0.506 e. The van der Waals surface area contributed by atoms with Crippen molar-refractivity contribution in [3.8, 4) is 5.75 Å². The van der Waals surface area contributed by atoms with E-state index in [0.29, 0.717) is 30.7 Å². The maximum atomic E-state index is 12.3. The van der Waals surface area contributed by atoms with Gasteiger partial charge in [0.05, 0.1) is 11.8 Å². The Morgan fingerprint density at radius 2 is 1.94 bits per heavy atom. The molecule has 5 nitrogen and oxygen atoms in total. The van der Waals surface area contributed by atoms with Gasteiger partial charge in [-0.1, -0.05) is 0 Å². The van der Waals surface area contributed by atoms with E-state index in [1.807, 2.05) is 4.90 Å². The molecule has 0 aliphatic carbocycles. The second-order valence-electron chi connectivity index (χ2n) is 5.01. The average Bonchev–Trinajstić information content (AvgIpc) is 2.34. The molecule has 2 unspecified atom stereocenters. The number of carbonyl (C=O) groups excluding carboxylic acids is 1.